The smallest absolute Gasteiger partial charge is 0.305 e. The van der Waals surface area contributed by atoms with E-state index in [4.69, 9.17) is 4.42 Å². The van der Waals surface area contributed by atoms with Gasteiger partial charge in [0.25, 0.3) is 5.22 Å². The summed E-state index contributed by atoms with van der Waals surface area (Å²) in [6.07, 6.45) is 0.823. The first-order chi connectivity index (χ1) is 12.8. The Bertz CT molecular complexity index is 766. The molecule has 0 aliphatic carbocycles. The van der Waals surface area contributed by atoms with E-state index in [-0.39, 0.29) is 29.5 Å². The SMILES string of the molecule is COC(=O)CCCNC(=O)CSc1nnc(-c2ccc(C(C)(C)C)cc2)o1. The molecule has 2 rings (SSSR count). The van der Waals surface area contributed by atoms with E-state index in [0.717, 1.165) is 5.56 Å². The minimum absolute atomic E-state index is 0.0819. The van der Waals surface area contributed by atoms with Gasteiger partial charge in [-0.25, -0.2) is 0 Å². The second kappa shape index (κ2) is 9.55. The van der Waals surface area contributed by atoms with Crippen molar-refractivity contribution in [1.82, 2.24) is 15.5 Å². The quantitative estimate of drug-likeness (QED) is 0.419. The zero-order valence-electron chi connectivity index (χ0n) is 16.1. The number of esters is 1. The Kier molecular flexibility index (Phi) is 7.41. The van der Waals surface area contributed by atoms with Crippen LogP contribution in [0, 0.1) is 0 Å². The van der Waals surface area contributed by atoms with Crippen LogP contribution >= 0.6 is 11.8 Å². The fraction of sp³-hybridized carbons (Fsp3) is 0.474. The highest BCUT2D eigenvalue weighted by Gasteiger charge is 2.15. The second-order valence-corrected chi connectivity index (χ2v) is 7.95. The van der Waals surface area contributed by atoms with Gasteiger partial charge in [0.05, 0.1) is 12.9 Å². The molecule has 0 saturated carbocycles. The molecular weight excluding hydrogens is 366 g/mol. The van der Waals surface area contributed by atoms with E-state index in [9.17, 15) is 9.59 Å². The third-order valence-electron chi connectivity index (χ3n) is 3.84. The lowest BCUT2D eigenvalue weighted by Gasteiger charge is -2.18. The molecule has 0 spiro atoms. The fourth-order valence-corrected chi connectivity index (χ4v) is 2.83. The topological polar surface area (TPSA) is 94.3 Å². The molecule has 1 heterocycles. The first-order valence-electron chi connectivity index (χ1n) is 8.70. The lowest BCUT2D eigenvalue weighted by Crippen LogP contribution is -2.26. The first-order valence-corrected chi connectivity index (χ1v) is 9.69. The highest BCUT2D eigenvalue weighted by Crippen LogP contribution is 2.27. The second-order valence-electron chi connectivity index (χ2n) is 7.02. The molecule has 1 aromatic carbocycles. The van der Waals surface area contributed by atoms with Gasteiger partial charge < -0.3 is 14.5 Å². The van der Waals surface area contributed by atoms with E-state index < -0.39 is 0 Å². The number of nitrogens with zero attached hydrogens (tertiary/aromatic N) is 2. The van der Waals surface area contributed by atoms with E-state index in [2.05, 4.69) is 41.0 Å². The Morgan fingerprint density at radius 1 is 1.19 bits per heavy atom. The summed E-state index contributed by atoms with van der Waals surface area (Å²) in [5.74, 6) is 0.158. The molecule has 1 N–H and O–H groups in total. The van der Waals surface area contributed by atoms with Crippen molar-refractivity contribution in [3.8, 4) is 11.5 Å². The number of rotatable bonds is 8. The van der Waals surface area contributed by atoms with E-state index in [0.29, 0.717) is 24.1 Å². The Labute approximate surface area is 163 Å². The maximum atomic E-state index is 11.8. The molecule has 8 heteroatoms. The van der Waals surface area contributed by atoms with Crippen LogP contribution in [0.2, 0.25) is 0 Å². The number of amides is 1. The van der Waals surface area contributed by atoms with Crippen molar-refractivity contribution in [1.29, 1.82) is 0 Å². The highest BCUT2D eigenvalue weighted by atomic mass is 32.2. The summed E-state index contributed by atoms with van der Waals surface area (Å²) < 4.78 is 10.2. The Hall–Kier alpha value is -2.35. The van der Waals surface area contributed by atoms with Gasteiger partial charge in [-0.05, 0) is 29.5 Å². The lowest BCUT2D eigenvalue weighted by molar-refractivity contribution is -0.140. The summed E-state index contributed by atoms with van der Waals surface area (Å²) in [6, 6.07) is 8.01. The zero-order chi connectivity index (χ0) is 19.9. The van der Waals surface area contributed by atoms with Gasteiger partial charge in [-0.15, -0.1) is 10.2 Å². The molecule has 0 aliphatic heterocycles. The molecule has 0 atom stereocenters. The van der Waals surface area contributed by atoms with Gasteiger partial charge in [-0.2, -0.15) is 0 Å². The summed E-state index contributed by atoms with van der Waals surface area (Å²) in [5, 5.41) is 11.1. The van der Waals surface area contributed by atoms with Crippen molar-refractivity contribution in [2.24, 2.45) is 0 Å². The van der Waals surface area contributed by atoms with Crippen molar-refractivity contribution >= 4 is 23.6 Å². The third-order valence-corrected chi connectivity index (χ3v) is 4.66. The van der Waals surface area contributed by atoms with Gasteiger partial charge in [-0.1, -0.05) is 44.7 Å². The van der Waals surface area contributed by atoms with Crippen LogP contribution in [0.5, 0.6) is 0 Å². The van der Waals surface area contributed by atoms with Gasteiger partial charge in [-0.3, -0.25) is 9.59 Å². The van der Waals surface area contributed by atoms with Crippen LogP contribution in [0.15, 0.2) is 33.9 Å². The third kappa shape index (κ3) is 6.71. The normalized spacial score (nSPS) is 11.3. The number of methoxy groups -OCH3 is 1. The van der Waals surface area contributed by atoms with Crippen molar-refractivity contribution < 1.29 is 18.7 Å². The van der Waals surface area contributed by atoms with Crippen LogP contribution in [-0.2, 0) is 19.7 Å². The molecule has 27 heavy (non-hydrogen) atoms. The molecule has 146 valence electrons. The molecule has 0 saturated heterocycles. The van der Waals surface area contributed by atoms with Crippen LogP contribution in [0.4, 0.5) is 0 Å². The first kappa shape index (κ1) is 21.0. The number of thioether (sulfide) groups is 1. The van der Waals surface area contributed by atoms with Gasteiger partial charge in [0.15, 0.2) is 0 Å². The summed E-state index contributed by atoms with van der Waals surface area (Å²) in [4.78, 5) is 22.8. The molecule has 2 aromatic rings. The molecule has 0 fully saturated rings. The summed E-state index contributed by atoms with van der Waals surface area (Å²) in [5.41, 5.74) is 2.15. The maximum absolute atomic E-state index is 11.8. The van der Waals surface area contributed by atoms with Crippen LogP contribution in [0.25, 0.3) is 11.5 Å². The minimum Gasteiger partial charge on any atom is -0.469 e. The van der Waals surface area contributed by atoms with Crippen molar-refractivity contribution in [2.75, 3.05) is 19.4 Å². The number of aromatic nitrogens is 2. The van der Waals surface area contributed by atoms with Gasteiger partial charge in [0.1, 0.15) is 0 Å². The van der Waals surface area contributed by atoms with E-state index in [1.165, 1.54) is 24.4 Å². The number of benzene rings is 1. The lowest BCUT2D eigenvalue weighted by atomic mass is 9.87. The number of hydrogen-bond donors (Lipinski definition) is 1. The predicted octanol–water partition coefficient (Wildman–Crippen LogP) is 3.20. The molecule has 7 nitrogen and oxygen atoms in total. The molecule has 0 unspecified atom stereocenters. The number of ether oxygens (including phenoxy) is 1. The predicted molar refractivity (Wildman–Crippen MR) is 103 cm³/mol. The van der Waals surface area contributed by atoms with Crippen LogP contribution in [0.1, 0.15) is 39.2 Å². The molecule has 0 radical (unpaired) electrons. The summed E-state index contributed by atoms with van der Waals surface area (Å²) >= 11 is 1.18. The van der Waals surface area contributed by atoms with Crippen molar-refractivity contribution in [3.05, 3.63) is 29.8 Å². The monoisotopic (exact) mass is 391 g/mol. The Morgan fingerprint density at radius 3 is 2.52 bits per heavy atom. The number of carbonyl (C=O) groups is 2. The number of nitrogens with one attached hydrogen (secondary N) is 1. The van der Waals surface area contributed by atoms with E-state index in [1.54, 1.807) is 0 Å². The van der Waals surface area contributed by atoms with Gasteiger partial charge in [0.2, 0.25) is 11.8 Å². The van der Waals surface area contributed by atoms with Crippen molar-refractivity contribution in [3.63, 3.8) is 0 Å². The van der Waals surface area contributed by atoms with Crippen LogP contribution in [-0.4, -0.2) is 41.5 Å². The van der Waals surface area contributed by atoms with E-state index in [1.807, 2.05) is 24.3 Å². The highest BCUT2D eigenvalue weighted by molar-refractivity contribution is 7.99. The fourth-order valence-electron chi connectivity index (χ4n) is 2.24. The van der Waals surface area contributed by atoms with E-state index >= 15 is 0 Å². The molecule has 1 amide bonds. The maximum Gasteiger partial charge on any atom is 0.305 e. The average Bonchev–Trinajstić information content (AvgIpc) is 3.11. The zero-order valence-corrected chi connectivity index (χ0v) is 16.9. The Balaban J connectivity index is 1.80. The number of carbonyl (C=O) groups excluding carboxylic acids is 2. The molecule has 1 aromatic heterocycles. The van der Waals surface area contributed by atoms with Crippen LogP contribution in [0.3, 0.4) is 0 Å². The number of hydrogen-bond acceptors (Lipinski definition) is 7. The minimum atomic E-state index is -0.285. The van der Waals surface area contributed by atoms with Crippen LogP contribution < -0.4 is 5.32 Å². The largest absolute Gasteiger partial charge is 0.469 e. The average molecular weight is 391 g/mol. The van der Waals surface area contributed by atoms with Gasteiger partial charge >= 0.3 is 5.97 Å². The summed E-state index contributed by atoms with van der Waals surface area (Å²) in [6.45, 7) is 6.89. The van der Waals surface area contributed by atoms with Crippen molar-refractivity contribution in [2.45, 2.75) is 44.3 Å². The summed E-state index contributed by atoms with van der Waals surface area (Å²) in [7, 11) is 1.34. The molecule has 0 aliphatic rings. The Morgan fingerprint density at radius 2 is 1.89 bits per heavy atom. The molecule has 0 bridgehead atoms. The standard InChI is InChI=1S/C19H25N3O4S/c1-19(2,3)14-9-7-13(8-10-14)17-21-22-18(26-17)27-12-15(23)20-11-5-6-16(24)25-4/h7-10H,5-6,11-12H2,1-4H3,(H,20,23). The van der Waals surface area contributed by atoms with Gasteiger partial charge in [0, 0.05) is 18.5 Å². The molecular formula is C19H25N3O4S.